The molecule has 34 heavy (non-hydrogen) atoms. The van der Waals surface area contributed by atoms with Crippen molar-refractivity contribution in [3.8, 4) is 11.5 Å². The van der Waals surface area contributed by atoms with Crippen LogP contribution in [0.2, 0.25) is 10.0 Å². The Bertz CT molecular complexity index is 1200. The molecule has 0 bridgehead atoms. The average Bonchev–Trinajstić information content (AvgIpc) is 3.19. The zero-order chi connectivity index (χ0) is 24.8. The van der Waals surface area contributed by atoms with Gasteiger partial charge in [-0.25, -0.2) is 0 Å². The van der Waals surface area contributed by atoms with Gasteiger partial charge in [-0.2, -0.15) is 9.78 Å². The number of nitro groups is 1. The molecule has 0 saturated heterocycles. The summed E-state index contributed by atoms with van der Waals surface area (Å²) in [5.74, 6) is 1.42. The van der Waals surface area contributed by atoms with Crippen LogP contribution in [-0.4, -0.2) is 39.2 Å². The number of aromatic nitrogens is 3. The lowest BCUT2D eigenvalue weighted by molar-refractivity contribution is -0.386. The summed E-state index contributed by atoms with van der Waals surface area (Å²) in [6, 6.07) is 8.34. The van der Waals surface area contributed by atoms with Crippen LogP contribution in [0.1, 0.15) is 37.7 Å². The molecule has 0 spiro atoms. The molecule has 1 heterocycles. The van der Waals surface area contributed by atoms with Crippen molar-refractivity contribution in [1.82, 2.24) is 14.9 Å². The molecule has 9 nitrogen and oxygen atoms in total. The lowest BCUT2D eigenvalue weighted by Gasteiger charge is -2.14. The molecule has 0 aliphatic heterocycles. The Labute approximate surface area is 211 Å². The number of ether oxygens (including phenoxy) is 2. The Morgan fingerprint density at radius 1 is 1.26 bits per heavy atom. The van der Waals surface area contributed by atoms with Gasteiger partial charge in [-0.05, 0) is 37.6 Å². The van der Waals surface area contributed by atoms with Crippen LogP contribution in [-0.2, 0) is 12.2 Å². The summed E-state index contributed by atoms with van der Waals surface area (Å²) < 4.78 is 12.6. The predicted octanol–water partition coefficient (Wildman–Crippen LogP) is 6.03. The third kappa shape index (κ3) is 5.99. The van der Waals surface area contributed by atoms with Crippen molar-refractivity contribution in [1.29, 1.82) is 0 Å². The number of nitro benzene ring substituents is 1. The van der Waals surface area contributed by atoms with Gasteiger partial charge in [0.1, 0.15) is 0 Å². The Balaban J connectivity index is 1.94. The second-order valence-corrected chi connectivity index (χ2v) is 9.05. The maximum Gasteiger partial charge on any atom is 0.315 e. The molecule has 0 atom stereocenters. The maximum absolute atomic E-state index is 11.7. The van der Waals surface area contributed by atoms with Crippen molar-refractivity contribution in [2.75, 3.05) is 7.11 Å². The number of rotatable bonds is 10. The zero-order valence-electron chi connectivity index (χ0n) is 19.0. The Hall–Kier alpha value is -2.82. The highest BCUT2D eigenvalue weighted by Gasteiger charge is 2.23. The highest BCUT2D eigenvalue weighted by Crippen LogP contribution is 2.38. The van der Waals surface area contributed by atoms with Gasteiger partial charge in [-0.1, -0.05) is 48.0 Å². The fourth-order valence-electron chi connectivity index (χ4n) is 2.98. The van der Waals surface area contributed by atoms with E-state index < -0.39 is 4.92 Å². The minimum absolute atomic E-state index is 0.0751. The van der Waals surface area contributed by atoms with E-state index in [1.807, 2.05) is 6.92 Å². The van der Waals surface area contributed by atoms with Crippen molar-refractivity contribution in [3.63, 3.8) is 0 Å². The highest BCUT2D eigenvalue weighted by atomic mass is 35.5. The fraction of sp³-hybridized carbons (Fsp3) is 0.318. The Morgan fingerprint density at radius 3 is 2.56 bits per heavy atom. The molecule has 180 valence electrons. The Morgan fingerprint density at radius 2 is 1.97 bits per heavy atom. The molecule has 12 heteroatoms. The van der Waals surface area contributed by atoms with Gasteiger partial charge in [0.05, 0.1) is 24.4 Å². The molecule has 1 aromatic heterocycles. The van der Waals surface area contributed by atoms with Gasteiger partial charge < -0.3 is 9.47 Å². The Kier molecular flexibility index (Phi) is 8.76. The first kappa shape index (κ1) is 25.8. The monoisotopic (exact) mass is 523 g/mol. The van der Waals surface area contributed by atoms with Crippen LogP contribution in [0.3, 0.4) is 0 Å². The second-order valence-electron chi connectivity index (χ2n) is 7.29. The van der Waals surface area contributed by atoms with Gasteiger partial charge in [0, 0.05) is 33.8 Å². The molecule has 0 radical (unpaired) electrons. The molecule has 3 aromatic rings. The van der Waals surface area contributed by atoms with Gasteiger partial charge >= 0.3 is 5.69 Å². The predicted molar refractivity (Wildman–Crippen MR) is 134 cm³/mol. The lowest BCUT2D eigenvalue weighted by atomic mass is 10.2. The summed E-state index contributed by atoms with van der Waals surface area (Å²) in [4.78, 5) is 11.1. The number of methoxy groups -OCH3 is 1. The standard InChI is InChI=1S/C22H23Cl2N5O4S/c1-5-20-26-27-22(34-12-15-16(23)7-6-8-17(15)24)28(20)25-11-14-9-18(29(30)31)21(33-13(2)3)19(10-14)32-4/h6-11,13H,5,12H2,1-4H3/b25-11-. The van der Waals surface area contributed by atoms with Crippen LogP contribution in [0.15, 0.2) is 40.6 Å². The van der Waals surface area contributed by atoms with Gasteiger partial charge in [0.15, 0.2) is 11.6 Å². The second kappa shape index (κ2) is 11.5. The van der Waals surface area contributed by atoms with E-state index in [2.05, 4.69) is 15.3 Å². The molecule has 0 aliphatic carbocycles. The van der Waals surface area contributed by atoms with Gasteiger partial charge in [-0.15, -0.1) is 10.2 Å². The minimum atomic E-state index is -0.511. The van der Waals surface area contributed by atoms with Crippen molar-refractivity contribution in [3.05, 3.63) is 67.4 Å². The summed E-state index contributed by atoms with van der Waals surface area (Å²) >= 11 is 13.9. The van der Waals surface area contributed by atoms with Crippen molar-refractivity contribution in [2.45, 2.75) is 44.2 Å². The van der Waals surface area contributed by atoms with Crippen LogP contribution in [0.25, 0.3) is 0 Å². The van der Waals surface area contributed by atoms with E-state index in [9.17, 15) is 10.1 Å². The van der Waals surface area contributed by atoms with Crippen LogP contribution >= 0.6 is 35.0 Å². The summed E-state index contributed by atoms with van der Waals surface area (Å²) in [6.45, 7) is 5.50. The molecule has 0 amide bonds. The number of hydrogen-bond acceptors (Lipinski definition) is 8. The van der Waals surface area contributed by atoms with E-state index in [0.717, 1.165) is 5.56 Å². The van der Waals surface area contributed by atoms with Crippen LogP contribution < -0.4 is 9.47 Å². The normalized spacial score (nSPS) is 11.4. The van der Waals surface area contributed by atoms with E-state index in [1.165, 1.54) is 31.2 Å². The van der Waals surface area contributed by atoms with Crippen LogP contribution in [0.5, 0.6) is 11.5 Å². The smallest absolute Gasteiger partial charge is 0.315 e. The number of nitrogens with zero attached hydrogens (tertiary/aromatic N) is 5. The molecule has 0 fully saturated rings. The third-order valence-corrected chi connectivity index (χ3v) is 6.20. The van der Waals surface area contributed by atoms with Crippen LogP contribution in [0, 0.1) is 10.1 Å². The van der Waals surface area contributed by atoms with E-state index >= 15 is 0 Å². The molecule has 0 N–H and O–H groups in total. The summed E-state index contributed by atoms with van der Waals surface area (Å²) in [5.41, 5.74) is 1.03. The van der Waals surface area contributed by atoms with E-state index in [0.29, 0.717) is 38.8 Å². The lowest BCUT2D eigenvalue weighted by Crippen LogP contribution is -2.09. The van der Waals surface area contributed by atoms with E-state index in [-0.39, 0.29) is 23.3 Å². The SMILES string of the molecule is CCc1nnc(SCc2c(Cl)cccc2Cl)n1/N=C\c1cc(OC)c(OC(C)C)c([N+](=O)[O-])c1. The molecular weight excluding hydrogens is 501 g/mol. The quantitative estimate of drug-likeness (QED) is 0.138. The fourth-order valence-corrected chi connectivity index (χ4v) is 4.62. The average molecular weight is 524 g/mol. The molecular formula is C22H23Cl2N5O4S. The van der Waals surface area contributed by atoms with Crippen molar-refractivity contribution < 1.29 is 14.4 Å². The largest absolute Gasteiger partial charge is 0.493 e. The van der Waals surface area contributed by atoms with Crippen LogP contribution in [0.4, 0.5) is 5.69 Å². The van der Waals surface area contributed by atoms with Crippen molar-refractivity contribution >= 4 is 46.9 Å². The zero-order valence-corrected chi connectivity index (χ0v) is 21.3. The highest BCUT2D eigenvalue weighted by molar-refractivity contribution is 7.98. The van der Waals surface area contributed by atoms with E-state index in [1.54, 1.807) is 42.8 Å². The molecule has 0 unspecified atom stereocenters. The molecule has 2 aromatic carbocycles. The summed E-state index contributed by atoms with van der Waals surface area (Å²) in [5, 5.41) is 26.2. The number of aryl methyl sites for hydroxylation is 1. The molecule has 3 rings (SSSR count). The summed E-state index contributed by atoms with van der Waals surface area (Å²) in [7, 11) is 1.43. The maximum atomic E-state index is 11.7. The molecule has 0 aliphatic rings. The first-order valence-electron chi connectivity index (χ1n) is 10.3. The first-order valence-corrected chi connectivity index (χ1v) is 12.1. The van der Waals surface area contributed by atoms with Gasteiger partial charge in [0.2, 0.25) is 10.9 Å². The first-order chi connectivity index (χ1) is 16.2. The third-order valence-electron chi connectivity index (χ3n) is 4.55. The van der Waals surface area contributed by atoms with Crippen molar-refractivity contribution in [2.24, 2.45) is 5.10 Å². The minimum Gasteiger partial charge on any atom is -0.493 e. The number of halogens is 2. The summed E-state index contributed by atoms with van der Waals surface area (Å²) in [6.07, 6.45) is 1.81. The number of thioether (sulfide) groups is 1. The topological polar surface area (TPSA) is 105 Å². The molecule has 0 saturated carbocycles. The number of hydrogen-bond donors (Lipinski definition) is 0. The van der Waals surface area contributed by atoms with E-state index in [4.69, 9.17) is 32.7 Å². The number of benzene rings is 2. The van der Waals surface area contributed by atoms with Gasteiger partial charge in [0.25, 0.3) is 0 Å². The van der Waals surface area contributed by atoms with Gasteiger partial charge in [-0.3, -0.25) is 10.1 Å².